The zero-order valence-electron chi connectivity index (χ0n) is 12.7. The largest absolute Gasteiger partial charge is 0.367 e. The van der Waals surface area contributed by atoms with Crippen LogP contribution in [0.25, 0.3) is 16.6 Å². The Labute approximate surface area is 129 Å². The van der Waals surface area contributed by atoms with Crippen LogP contribution in [0.3, 0.4) is 0 Å². The molecule has 4 rings (SSSR count). The van der Waals surface area contributed by atoms with Crippen molar-refractivity contribution in [1.29, 1.82) is 0 Å². The minimum Gasteiger partial charge on any atom is -0.367 e. The Morgan fingerprint density at radius 1 is 1.00 bits per heavy atom. The highest BCUT2D eigenvalue weighted by molar-refractivity contribution is 5.75. The van der Waals surface area contributed by atoms with E-state index in [2.05, 4.69) is 38.7 Å². The summed E-state index contributed by atoms with van der Waals surface area (Å²) >= 11 is 0. The van der Waals surface area contributed by atoms with E-state index in [0.29, 0.717) is 0 Å². The average Bonchev–Trinajstić information content (AvgIpc) is 3.05. The lowest BCUT2D eigenvalue weighted by Gasteiger charge is -2.20. The molecule has 3 aromatic heterocycles. The molecule has 0 atom stereocenters. The van der Waals surface area contributed by atoms with Crippen LogP contribution in [0.1, 0.15) is 6.42 Å². The molecule has 3 aromatic rings. The lowest BCUT2D eigenvalue weighted by molar-refractivity contribution is 0.724. The molecule has 114 valence electrons. The Kier molecular flexibility index (Phi) is 3.31. The third kappa shape index (κ3) is 2.35. The second kappa shape index (κ2) is 5.46. The number of fused-ring (bicyclic) bond motifs is 1. The van der Waals surface area contributed by atoms with E-state index in [1.807, 2.05) is 34.8 Å². The smallest absolute Gasteiger partial charge is 0.0896 e. The minimum atomic E-state index is 1.03. The molecule has 0 bridgehead atoms. The number of anilines is 1. The predicted octanol–water partition coefficient (Wildman–Crippen LogP) is 1.53. The number of hydrogen-bond donors (Lipinski definition) is 1. The first kappa shape index (κ1) is 13.3. The fourth-order valence-electron chi connectivity index (χ4n) is 3.04. The zero-order valence-corrected chi connectivity index (χ0v) is 12.7. The van der Waals surface area contributed by atoms with Crippen LogP contribution in [0, 0.1) is 0 Å². The summed E-state index contributed by atoms with van der Waals surface area (Å²) in [5.74, 6) is 0. The standard InChI is InChI=1S/C16H20N6/c1-20-11-14(9-18-20)13-3-4-15-16(10-19-22(15)12-13)21-7-2-5-17-6-8-21/h3-4,9-12,17H,2,5-8H2,1H3. The van der Waals surface area contributed by atoms with Crippen molar-refractivity contribution >= 4 is 11.2 Å². The van der Waals surface area contributed by atoms with Crippen LogP contribution in [-0.4, -0.2) is 45.6 Å². The van der Waals surface area contributed by atoms with Gasteiger partial charge in [-0.25, -0.2) is 4.52 Å². The molecule has 1 N–H and O–H groups in total. The van der Waals surface area contributed by atoms with Gasteiger partial charge in [-0.05, 0) is 19.0 Å². The van der Waals surface area contributed by atoms with Gasteiger partial charge in [0.1, 0.15) is 0 Å². The van der Waals surface area contributed by atoms with Gasteiger partial charge in [0.05, 0.1) is 23.6 Å². The molecule has 1 fully saturated rings. The first-order valence-corrected chi connectivity index (χ1v) is 7.73. The first-order valence-electron chi connectivity index (χ1n) is 7.73. The fraction of sp³-hybridized carbons (Fsp3) is 0.375. The van der Waals surface area contributed by atoms with Gasteiger partial charge in [-0.2, -0.15) is 10.2 Å². The molecular formula is C16H20N6. The monoisotopic (exact) mass is 296 g/mol. The molecule has 0 unspecified atom stereocenters. The quantitative estimate of drug-likeness (QED) is 0.779. The highest BCUT2D eigenvalue weighted by Gasteiger charge is 2.14. The van der Waals surface area contributed by atoms with Gasteiger partial charge in [0.2, 0.25) is 0 Å². The summed E-state index contributed by atoms with van der Waals surface area (Å²) in [7, 11) is 1.93. The second-order valence-corrected chi connectivity index (χ2v) is 5.77. The topological polar surface area (TPSA) is 50.4 Å². The Morgan fingerprint density at radius 3 is 2.82 bits per heavy atom. The van der Waals surface area contributed by atoms with Gasteiger partial charge in [0.25, 0.3) is 0 Å². The van der Waals surface area contributed by atoms with Gasteiger partial charge < -0.3 is 10.2 Å². The Bertz CT molecular complexity index is 779. The molecule has 4 heterocycles. The molecule has 0 radical (unpaired) electrons. The molecule has 0 aromatic carbocycles. The highest BCUT2D eigenvalue weighted by atomic mass is 15.3. The van der Waals surface area contributed by atoms with E-state index in [9.17, 15) is 0 Å². The van der Waals surface area contributed by atoms with Gasteiger partial charge in [-0.15, -0.1) is 0 Å². The number of nitrogens with zero attached hydrogens (tertiary/aromatic N) is 5. The summed E-state index contributed by atoms with van der Waals surface area (Å²) in [5, 5.41) is 12.2. The fourth-order valence-corrected chi connectivity index (χ4v) is 3.04. The van der Waals surface area contributed by atoms with Crippen LogP contribution in [0.2, 0.25) is 0 Å². The number of nitrogens with one attached hydrogen (secondary N) is 1. The van der Waals surface area contributed by atoms with E-state index < -0.39 is 0 Å². The predicted molar refractivity (Wildman–Crippen MR) is 87.1 cm³/mol. The number of pyridine rings is 1. The number of hydrogen-bond acceptors (Lipinski definition) is 4. The van der Waals surface area contributed by atoms with Crippen LogP contribution in [0.4, 0.5) is 5.69 Å². The van der Waals surface area contributed by atoms with Crippen molar-refractivity contribution in [3.8, 4) is 11.1 Å². The summed E-state index contributed by atoms with van der Waals surface area (Å²) in [4.78, 5) is 2.42. The van der Waals surface area contributed by atoms with E-state index in [1.54, 1.807) is 0 Å². The Hall–Kier alpha value is -2.34. The van der Waals surface area contributed by atoms with Crippen molar-refractivity contribution in [2.45, 2.75) is 6.42 Å². The van der Waals surface area contributed by atoms with Gasteiger partial charge in [0, 0.05) is 50.2 Å². The van der Waals surface area contributed by atoms with E-state index in [0.717, 1.165) is 42.8 Å². The summed E-state index contributed by atoms with van der Waals surface area (Å²) < 4.78 is 3.79. The van der Waals surface area contributed by atoms with Crippen molar-refractivity contribution < 1.29 is 0 Å². The molecule has 6 nitrogen and oxygen atoms in total. The van der Waals surface area contributed by atoms with Crippen LogP contribution in [0.15, 0.2) is 36.9 Å². The maximum Gasteiger partial charge on any atom is 0.0896 e. The van der Waals surface area contributed by atoms with Crippen molar-refractivity contribution in [2.24, 2.45) is 7.05 Å². The minimum absolute atomic E-state index is 1.03. The highest BCUT2D eigenvalue weighted by Crippen LogP contribution is 2.25. The third-order valence-electron chi connectivity index (χ3n) is 4.21. The lowest BCUT2D eigenvalue weighted by Crippen LogP contribution is -2.27. The Morgan fingerprint density at radius 2 is 1.95 bits per heavy atom. The maximum atomic E-state index is 4.54. The normalized spacial score (nSPS) is 16.1. The number of aryl methyl sites for hydroxylation is 1. The van der Waals surface area contributed by atoms with Crippen LogP contribution in [0.5, 0.6) is 0 Å². The SMILES string of the molecule is Cn1cc(-c2ccc3c(N4CCCNCC4)cnn3c2)cn1. The van der Waals surface area contributed by atoms with Crippen LogP contribution < -0.4 is 10.2 Å². The molecule has 0 spiro atoms. The number of rotatable bonds is 2. The summed E-state index contributed by atoms with van der Waals surface area (Å²) in [6.45, 7) is 4.25. The molecule has 1 aliphatic rings. The van der Waals surface area contributed by atoms with Crippen molar-refractivity contribution in [3.63, 3.8) is 0 Å². The van der Waals surface area contributed by atoms with Crippen molar-refractivity contribution in [3.05, 3.63) is 36.9 Å². The summed E-state index contributed by atoms with van der Waals surface area (Å²) in [6.07, 6.45) is 9.13. The molecular weight excluding hydrogens is 276 g/mol. The van der Waals surface area contributed by atoms with Crippen molar-refractivity contribution in [1.82, 2.24) is 24.7 Å². The van der Waals surface area contributed by atoms with E-state index in [-0.39, 0.29) is 0 Å². The summed E-state index contributed by atoms with van der Waals surface area (Å²) in [5.41, 5.74) is 4.63. The molecule has 0 saturated carbocycles. The van der Waals surface area contributed by atoms with E-state index in [4.69, 9.17) is 0 Å². The first-order chi connectivity index (χ1) is 10.8. The van der Waals surface area contributed by atoms with E-state index in [1.165, 1.54) is 12.1 Å². The molecule has 1 aliphatic heterocycles. The van der Waals surface area contributed by atoms with Crippen LogP contribution >= 0.6 is 0 Å². The second-order valence-electron chi connectivity index (χ2n) is 5.77. The van der Waals surface area contributed by atoms with Crippen LogP contribution in [-0.2, 0) is 7.05 Å². The zero-order chi connectivity index (χ0) is 14.9. The molecule has 22 heavy (non-hydrogen) atoms. The maximum absolute atomic E-state index is 4.54. The summed E-state index contributed by atoms with van der Waals surface area (Å²) in [6, 6.07) is 4.30. The number of aromatic nitrogens is 4. The Balaban J connectivity index is 1.70. The molecule has 0 aliphatic carbocycles. The van der Waals surface area contributed by atoms with Gasteiger partial charge in [-0.3, -0.25) is 4.68 Å². The van der Waals surface area contributed by atoms with Crippen molar-refractivity contribution in [2.75, 3.05) is 31.1 Å². The van der Waals surface area contributed by atoms with Gasteiger partial charge in [0.15, 0.2) is 0 Å². The average molecular weight is 296 g/mol. The lowest BCUT2D eigenvalue weighted by atomic mass is 10.1. The van der Waals surface area contributed by atoms with E-state index >= 15 is 0 Å². The molecule has 1 saturated heterocycles. The molecule has 0 amide bonds. The van der Waals surface area contributed by atoms with Gasteiger partial charge >= 0.3 is 0 Å². The third-order valence-corrected chi connectivity index (χ3v) is 4.21. The molecule has 6 heteroatoms. The van der Waals surface area contributed by atoms with Gasteiger partial charge in [-0.1, -0.05) is 6.07 Å².